The molecule has 1 aromatic carbocycles. The van der Waals surface area contributed by atoms with Gasteiger partial charge in [-0.1, -0.05) is 16.0 Å². The first-order chi connectivity index (χ1) is 15.0. The van der Waals surface area contributed by atoms with Crippen molar-refractivity contribution in [2.45, 2.75) is 77.7 Å². The first kappa shape index (κ1) is 27.5. The molecule has 1 aliphatic heterocycles. The molecule has 33 heavy (non-hydrogen) atoms. The maximum Gasteiger partial charge on any atom is 0.410 e. The van der Waals surface area contributed by atoms with Gasteiger partial charge in [0.25, 0.3) is 0 Å². The number of nitrogens with zero attached hydrogens (tertiary/aromatic N) is 3. The lowest BCUT2D eigenvalue weighted by Crippen LogP contribution is -2.35. The van der Waals surface area contributed by atoms with Crippen LogP contribution in [0.15, 0.2) is 27.6 Å². The first-order valence-corrected chi connectivity index (χ1v) is 12.4. The van der Waals surface area contributed by atoms with Gasteiger partial charge in [-0.25, -0.2) is 9.79 Å². The Labute approximate surface area is 205 Å². The number of hydrogen-bond acceptors (Lipinski definition) is 6. The van der Waals surface area contributed by atoms with Crippen LogP contribution in [0, 0.1) is 0 Å². The van der Waals surface area contributed by atoms with Gasteiger partial charge in [0.05, 0.1) is 5.54 Å². The summed E-state index contributed by atoms with van der Waals surface area (Å²) in [6, 6.07) is 5.38. The zero-order chi connectivity index (χ0) is 25.2. The van der Waals surface area contributed by atoms with E-state index in [0.29, 0.717) is 41.8 Å². The average Bonchev–Trinajstić information content (AvgIpc) is 3.01. The van der Waals surface area contributed by atoms with Crippen molar-refractivity contribution in [3.63, 3.8) is 0 Å². The molecule has 0 bridgehead atoms. The zero-order valence-corrected chi connectivity index (χ0v) is 22.7. The smallest absolute Gasteiger partial charge is 0.410 e. The molecule has 0 aliphatic carbocycles. The summed E-state index contributed by atoms with van der Waals surface area (Å²) in [6.45, 7) is 15.8. The van der Waals surface area contributed by atoms with Crippen LogP contribution < -0.4 is 0 Å². The van der Waals surface area contributed by atoms with Crippen LogP contribution in [-0.4, -0.2) is 63.2 Å². The molecule has 1 atom stereocenters. The number of carbonyl (C=O) groups excluding carboxylic acids is 1. The van der Waals surface area contributed by atoms with Crippen LogP contribution in [0.25, 0.3) is 0 Å². The van der Waals surface area contributed by atoms with E-state index in [0.717, 1.165) is 5.56 Å². The van der Waals surface area contributed by atoms with E-state index in [9.17, 15) is 9.35 Å². The third-order valence-electron chi connectivity index (χ3n) is 4.60. The lowest BCUT2D eigenvalue weighted by molar-refractivity contribution is 0.0303. The van der Waals surface area contributed by atoms with Crippen molar-refractivity contribution in [1.29, 1.82) is 0 Å². The fourth-order valence-electron chi connectivity index (χ4n) is 2.84. The normalized spacial score (nSPS) is 17.3. The van der Waals surface area contributed by atoms with Crippen molar-refractivity contribution < 1.29 is 18.8 Å². The molecule has 7 nitrogen and oxygen atoms in total. The molecule has 0 aromatic heterocycles. The summed E-state index contributed by atoms with van der Waals surface area (Å²) in [7, 11) is 1.66. The number of ether oxygens (including phenoxy) is 2. The van der Waals surface area contributed by atoms with E-state index in [1.807, 2.05) is 61.5 Å². The van der Waals surface area contributed by atoms with Crippen LogP contribution in [0.3, 0.4) is 0 Å². The summed E-state index contributed by atoms with van der Waals surface area (Å²) in [5, 5.41) is 0.515. The minimum Gasteiger partial charge on any atom is -0.591 e. The molecule has 0 unspecified atom stereocenters. The van der Waals surface area contributed by atoms with Crippen LogP contribution in [-0.2, 0) is 20.8 Å². The quantitative estimate of drug-likeness (QED) is 0.388. The minimum absolute atomic E-state index is 0.319. The van der Waals surface area contributed by atoms with Crippen LogP contribution in [0.5, 0.6) is 0 Å². The molecule has 1 heterocycles. The largest absolute Gasteiger partial charge is 0.591 e. The maximum atomic E-state index is 13.0. The van der Waals surface area contributed by atoms with Crippen LogP contribution in [0.1, 0.15) is 72.9 Å². The summed E-state index contributed by atoms with van der Waals surface area (Å²) >= 11 is 4.83. The van der Waals surface area contributed by atoms with E-state index in [2.05, 4.69) is 4.40 Å². The second-order valence-corrected chi connectivity index (χ2v) is 13.1. The SMILES string of the molecule is CN(CC/C(=N\[S@+]([O-])C(C)(C)C)c1cc(Cl)ccc1C1=NC(C)(C)CO1)C(=O)OC(C)(C)C. The average molecular weight is 498 g/mol. The Morgan fingerprint density at radius 1 is 1.30 bits per heavy atom. The van der Waals surface area contributed by atoms with Crippen molar-refractivity contribution >= 4 is 40.7 Å². The topological polar surface area (TPSA) is 86.5 Å². The van der Waals surface area contributed by atoms with Crippen LogP contribution in [0.4, 0.5) is 4.79 Å². The Kier molecular flexibility index (Phi) is 8.52. The summed E-state index contributed by atoms with van der Waals surface area (Å²) in [5.41, 5.74) is 1.05. The van der Waals surface area contributed by atoms with Gasteiger partial charge in [-0.3, -0.25) is 0 Å². The van der Waals surface area contributed by atoms with E-state index >= 15 is 0 Å². The number of benzene rings is 1. The highest BCUT2D eigenvalue weighted by atomic mass is 35.5. The Morgan fingerprint density at radius 3 is 2.45 bits per heavy atom. The molecular weight excluding hydrogens is 462 g/mol. The molecule has 1 aliphatic rings. The van der Waals surface area contributed by atoms with Gasteiger partial charge in [0.15, 0.2) is 0 Å². The van der Waals surface area contributed by atoms with Gasteiger partial charge in [0, 0.05) is 36.2 Å². The number of carbonyl (C=O) groups is 1. The molecule has 0 N–H and O–H groups in total. The van der Waals surface area contributed by atoms with E-state index < -0.39 is 27.8 Å². The molecule has 1 aromatic rings. The Bertz CT molecular complexity index is 933. The van der Waals surface area contributed by atoms with Crippen molar-refractivity contribution in [2.75, 3.05) is 20.2 Å². The molecule has 0 fully saturated rings. The van der Waals surface area contributed by atoms with Gasteiger partial charge in [-0.2, -0.15) is 0 Å². The molecule has 1 amide bonds. The van der Waals surface area contributed by atoms with Crippen molar-refractivity contribution in [3.05, 3.63) is 34.3 Å². The molecular formula is C24H36ClN3O4S. The zero-order valence-electron chi connectivity index (χ0n) is 21.1. The van der Waals surface area contributed by atoms with Crippen LogP contribution >= 0.6 is 11.6 Å². The highest BCUT2D eigenvalue weighted by Gasteiger charge is 2.32. The van der Waals surface area contributed by atoms with Crippen molar-refractivity contribution in [3.8, 4) is 0 Å². The fourth-order valence-corrected chi connectivity index (χ4v) is 3.67. The van der Waals surface area contributed by atoms with Gasteiger partial charge >= 0.3 is 6.09 Å². The number of halogens is 1. The van der Waals surface area contributed by atoms with Crippen LogP contribution in [0.2, 0.25) is 5.02 Å². The lowest BCUT2D eigenvalue weighted by atomic mass is 10.0. The van der Waals surface area contributed by atoms with E-state index in [1.165, 1.54) is 4.90 Å². The summed E-state index contributed by atoms with van der Waals surface area (Å²) in [5.74, 6) is 0.501. The number of hydrogen-bond donors (Lipinski definition) is 0. The number of aliphatic imine (C=N–C) groups is 1. The molecule has 0 saturated carbocycles. The van der Waals surface area contributed by atoms with E-state index in [1.54, 1.807) is 19.2 Å². The Morgan fingerprint density at radius 2 is 1.94 bits per heavy atom. The standard InChI is InChI=1S/C24H36ClN3O4S/c1-22(2,3)32-21(29)28(9)13-12-19(27-33(30)23(4,5)6)18-14-16(25)10-11-17(18)20-26-24(7,8)15-31-20/h10-11,14H,12-13,15H2,1-9H3/b27-19+/t33-/m1/s1. The first-order valence-electron chi connectivity index (χ1n) is 11.0. The molecule has 184 valence electrons. The highest BCUT2D eigenvalue weighted by Crippen LogP contribution is 2.27. The number of rotatable bonds is 6. The monoisotopic (exact) mass is 497 g/mol. The van der Waals surface area contributed by atoms with Gasteiger partial charge in [-0.05, 0) is 73.6 Å². The molecule has 0 radical (unpaired) electrons. The Hall–Kier alpha value is -1.77. The van der Waals surface area contributed by atoms with Crippen molar-refractivity contribution in [2.24, 2.45) is 9.39 Å². The molecule has 0 spiro atoms. The maximum absolute atomic E-state index is 13.0. The predicted octanol–water partition coefficient (Wildman–Crippen LogP) is 5.40. The molecule has 0 saturated heterocycles. The van der Waals surface area contributed by atoms with Gasteiger partial charge in [-0.15, -0.1) is 0 Å². The third kappa shape index (κ3) is 8.19. The van der Waals surface area contributed by atoms with E-state index in [-0.39, 0.29) is 5.54 Å². The van der Waals surface area contributed by atoms with Gasteiger partial charge in [0.1, 0.15) is 34.0 Å². The lowest BCUT2D eigenvalue weighted by Gasteiger charge is -2.25. The highest BCUT2D eigenvalue weighted by molar-refractivity contribution is 7.91. The molecule has 9 heteroatoms. The third-order valence-corrected chi connectivity index (χ3v) is 6.26. The van der Waals surface area contributed by atoms with E-state index in [4.69, 9.17) is 26.1 Å². The summed E-state index contributed by atoms with van der Waals surface area (Å²) < 4.78 is 28.3. The second kappa shape index (κ2) is 10.2. The fraction of sp³-hybridized carbons (Fsp3) is 0.625. The predicted molar refractivity (Wildman–Crippen MR) is 136 cm³/mol. The minimum atomic E-state index is -1.51. The van der Waals surface area contributed by atoms with Gasteiger partial charge in [0.2, 0.25) is 5.90 Å². The summed E-state index contributed by atoms with van der Waals surface area (Å²) in [6.07, 6.45) is -0.0861. The second-order valence-electron chi connectivity index (χ2n) is 10.8. The van der Waals surface area contributed by atoms with Crippen molar-refractivity contribution in [1.82, 2.24) is 4.90 Å². The summed E-state index contributed by atoms with van der Waals surface area (Å²) in [4.78, 5) is 18.6. The van der Waals surface area contributed by atoms with Gasteiger partial charge < -0.3 is 18.9 Å². The Balaban J connectivity index is 2.45. The number of amides is 1. The molecule has 2 rings (SSSR count).